The topological polar surface area (TPSA) is 78.5 Å². The van der Waals surface area contributed by atoms with Gasteiger partial charge in [-0.3, -0.25) is 4.79 Å². The zero-order valence-corrected chi connectivity index (χ0v) is 16.1. The number of halogens is 1. The van der Waals surface area contributed by atoms with Gasteiger partial charge in [0.15, 0.2) is 0 Å². The van der Waals surface area contributed by atoms with E-state index < -0.39 is 22.0 Å². The van der Waals surface area contributed by atoms with Crippen LogP contribution in [0, 0.1) is 5.82 Å². The number of nitrogens with zero attached hydrogens (tertiary/aromatic N) is 1. The Hall–Kier alpha value is -1.51. The van der Waals surface area contributed by atoms with Gasteiger partial charge in [-0.05, 0) is 45.1 Å². The van der Waals surface area contributed by atoms with Crippen LogP contribution >= 0.6 is 0 Å². The molecule has 0 spiro atoms. The molecule has 0 heterocycles. The fourth-order valence-corrected chi connectivity index (χ4v) is 3.69. The van der Waals surface area contributed by atoms with Crippen molar-refractivity contribution in [2.75, 3.05) is 19.8 Å². The Morgan fingerprint density at radius 2 is 2.00 bits per heavy atom. The van der Waals surface area contributed by atoms with Gasteiger partial charge in [-0.1, -0.05) is 19.4 Å². The summed E-state index contributed by atoms with van der Waals surface area (Å²) < 4.78 is 39.8. The van der Waals surface area contributed by atoms with Gasteiger partial charge in [-0.25, -0.2) is 17.5 Å². The molecule has 1 amide bonds. The van der Waals surface area contributed by atoms with Crippen LogP contribution in [0.15, 0.2) is 18.2 Å². The summed E-state index contributed by atoms with van der Waals surface area (Å²) in [5.41, 5.74) is 1.30. The lowest BCUT2D eigenvalue weighted by atomic mass is 10.1. The standard InChI is InChI=1S/C17H28FN3O3S/c1-5-6-9-25(23,24)20-13(2)17(22)19-11-14-7-8-16(18)15(10-14)12-21(3)4/h7-8,10,13,20H,5-6,9,11-12H2,1-4H3,(H,19,22)/t13-/m0/s1. The Kier molecular flexibility index (Phi) is 8.47. The summed E-state index contributed by atoms with van der Waals surface area (Å²) in [4.78, 5) is 13.9. The van der Waals surface area contributed by atoms with Crippen LogP contribution in [-0.2, 0) is 27.9 Å². The van der Waals surface area contributed by atoms with E-state index in [9.17, 15) is 17.6 Å². The molecule has 0 radical (unpaired) electrons. The van der Waals surface area contributed by atoms with Crippen molar-refractivity contribution in [2.45, 2.75) is 45.8 Å². The third kappa shape index (κ3) is 7.94. The van der Waals surface area contributed by atoms with Crippen LogP contribution in [0.5, 0.6) is 0 Å². The average molecular weight is 373 g/mol. The molecule has 0 aliphatic carbocycles. The minimum absolute atomic E-state index is 0.00692. The first-order valence-electron chi connectivity index (χ1n) is 8.34. The van der Waals surface area contributed by atoms with Crippen LogP contribution in [0.1, 0.15) is 37.8 Å². The maximum Gasteiger partial charge on any atom is 0.238 e. The maximum atomic E-state index is 13.8. The van der Waals surface area contributed by atoms with Crippen molar-refractivity contribution < 1.29 is 17.6 Å². The summed E-state index contributed by atoms with van der Waals surface area (Å²) in [5.74, 6) is -0.702. The number of nitrogens with one attached hydrogen (secondary N) is 2. The van der Waals surface area contributed by atoms with Gasteiger partial charge in [0.1, 0.15) is 5.82 Å². The third-order valence-corrected chi connectivity index (χ3v) is 5.12. The van der Waals surface area contributed by atoms with E-state index in [1.807, 2.05) is 25.9 Å². The van der Waals surface area contributed by atoms with Crippen LogP contribution in [0.25, 0.3) is 0 Å². The van der Waals surface area contributed by atoms with E-state index in [0.29, 0.717) is 18.5 Å². The molecule has 0 fully saturated rings. The molecule has 1 rings (SSSR count). The Labute approximate surface area is 149 Å². The highest BCUT2D eigenvalue weighted by Crippen LogP contribution is 2.12. The van der Waals surface area contributed by atoms with E-state index in [-0.39, 0.29) is 18.1 Å². The van der Waals surface area contributed by atoms with Crippen LogP contribution < -0.4 is 10.0 Å². The molecule has 0 aliphatic rings. The molecule has 1 aromatic carbocycles. The normalized spacial score (nSPS) is 13.0. The predicted octanol–water partition coefficient (Wildman–Crippen LogP) is 1.61. The Morgan fingerprint density at radius 3 is 2.60 bits per heavy atom. The predicted molar refractivity (Wildman–Crippen MR) is 96.9 cm³/mol. The number of hydrogen-bond acceptors (Lipinski definition) is 4. The van der Waals surface area contributed by atoms with Gasteiger partial charge in [-0.15, -0.1) is 0 Å². The van der Waals surface area contributed by atoms with E-state index in [2.05, 4.69) is 10.0 Å². The molecule has 0 saturated carbocycles. The number of carbonyl (C=O) groups is 1. The summed E-state index contributed by atoms with van der Waals surface area (Å²) in [6.45, 7) is 4.07. The molecule has 0 unspecified atom stereocenters. The smallest absolute Gasteiger partial charge is 0.238 e. The van der Waals surface area contributed by atoms with Gasteiger partial charge in [0, 0.05) is 18.7 Å². The van der Waals surface area contributed by atoms with E-state index in [1.165, 1.54) is 13.0 Å². The molecule has 1 aromatic rings. The zero-order valence-electron chi connectivity index (χ0n) is 15.3. The minimum Gasteiger partial charge on any atom is -0.351 e. The number of rotatable bonds is 10. The average Bonchev–Trinajstić information content (AvgIpc) is 2.52. The van der Waals surface area contributed by atoms with Gasteiger partial charge < -0.3 is 10.2 Å². The van der Waals surface area contributed by atoms with Crippen molar-refractivity contribution in [3.8, 4) is 0 Å². The molecule has 142 valence electrons. The number of amides is 1. The second kappa shape index (κ2) is 9.84. The fourth-order valence-electron chi connectivity index (χ4n) is 2.26. The van der Waals surface area contributed by atoms with Crippen LogP contribution in [0.4, 0.5) is 4.39 Å². The molecule has 2 N–H and O–H groups in total. The molecule has 8 heteroatoms. The lowest BCUT2D eigenvalue weighted by molar-refractivity contribution is -0.122. The van der Waals surface area contributed by atoms with E-state index in [1.54, 1.807) is 12.1 Å². The minimum atomic E-state index is -3.46. The number of hydrogen-bond donors (Lipinski definition) is 2. The molecule has 1 atom stereocenters. The molecular weight excluding hydrogens is 345 g/mol. The molecular formula is C17H28FN3O3S. The monoisotopic (exact) mass is 373 g/mol. The summed E-state index contributed by atoms with van der Waals surface area (Å²) >= 11 is 0. The highest BCUT2D eigenvalue weighted by molar-refractivity contribution is 7.89. The lowest BCUT2D eigenvalue weighted by Crippen LogP contribution is -2.45. The van der Waals surface area contributed by atoms with Gasteiger partial charge in [0.25, 0.3) is 0 Å². The molecule has 0 aromatic heterocycles. The van der Waals surface area contributed by atoms with Crippen molar-refractivity contribution in [1.29, 1.82) is 0 Å². The van der Waals surface area contributed by atoms with Gasteiger partial charge >= 0.3 is 0 Å². The first-order chi connectivity index (χ1) is 11.6. The highest BCUT2D eigenvalue weighted by atomic mass is 32.2. The van der Waals surface area contributed by atoms with E-state index in [4.69, 9.17) is 0 Å². The summed E-state index contributed by atoms with van der Waals surface area (Å²) in [6.07, 6.45) is 1.31. The SMILES string of the molecule is CCCCS(=O)(=O)N[C@@H](C)C(=O)NCc1ccc(F)c(CN(C)C)c1. The van der Waals surface area contributed by atoms with E-state index >= 15 is 0 Å². The van der Waals surface area contributed by atoms with Crippen molar-refractivity contribution >= 4 is 15.9 Å². The Morgan fingerprint density at radius 1 is 1.32 bits per heavy atom. The Balaban J connectivity index is 2.61. The first kappa shape index (κ1) is 21.5. The lowest BCUT2D eigenvalue weighted by Gasteiger charge is -2.15. The van der Waals surface area contributed by atoms with Crippen LogP contribution in [0.3, 0.4) is 0 Å². The number of unbranched alkanes of at least 4 members (excludes halogenated alkanes) is 1. The zero-order chi connectivity index (χ0) is 19.0. The van der Waals surface area contributed by atoms with Gasteiger partial charge in [0.2, 0.25) is 15.9 Å². The van der Waals surface area contributed by atoms with Crippen molar-refractivity contribution in [1.82, 2.24) is 14.9 Å². The molecule has 0 bridgehead atoms. The summed E-state index contributed by atoms with van der Waals surface area (Å²) in [7, 11) is 0.232. The van der Waals surface area contributed by atoms with Gasteiger partial charge in [0.05, 0.1) is 11.8 Å². The molecule has 25 heavy (non-hydrogen) atoms. The van der Waals surface area contributed by atoms with Crippen molar-refractivity contribution in [3.63, 3.8) is 0 Å². The quantitative estimate of drug-likeness (QED) is 0.653. The fraction of sp³-hybridized carbons (Fsp3) is 0.588. The van der Waals surface area contributed by atoms with Crippen molar-refractivity contribution in [3.05, 3.63) is 35.1 Å². The number of sulfonamides is 1. The molecule has 0 aliphatic heterocycles. The maximum absolute atomic E-state index is 13.8. The second-order valence-electron chi connectivity index (χ2n) is 6.39. The first-order valence-corrected chi connectivity index (χ1v) is 9.99. The second-order valence-corrected chi connectivity index (χ2v) is 8.27. The highest BCUT2D eigenvalue weighted by Gasteiger charge is 2.19. The Bertz CT molecular complexity index is 678. The van der Waals surface area contributed by atoms with E-state index in [0.717, 1.165) is 12.0 Å². The number of carbonyl (C=O) groups excluding carboxylic acids is 1. The molecule has 6 nitrogen and oxygen atoms in total. The van der Waals surface area contributed by atoms with Crippen LogP contribution in [-0.4, -0.2) is 45.1 Å². The van der Waals surface area contributed by atoms with Crippen LogP contribution in [0.2, 0.25) is 0 Å². The van der Waals surface area contributed by atoms with Crippen molar-refractivity contribution in [2.24, 2.45) is 0 Å². The summed E-state index contributed by atoms with van der Waals surface area (Å²) in [6, 6.07) is 3.82. The molecule has 0 saturated heterocycles. The summed E-state index contributed by atoms with van der Waals surface area (Å²) in [5, 5.41) is 2.68. The number of benzene rings is 1. The largest absolute Gasteiger partial charge is 0.351 e. The van der Waals surface area contributed by atoms with Gasteiger partial charge in [-0.2, -0.15) is 0 Å². The third-order valence-electron chi connectivity index (χ3n) is 3.58.